The van der Waals surface area contributed by atoms with Crippen LogP contribution in [0.3, 0.4) is 0 Å². The number of likely N-dealkylation sites (tertiary alicyclic amines) is 1. The molecule has 0 bridgehead atoms. The Labute approximate surface area is 114 Å². The van der Waals surface area contributed by atoms with Gasteiger partial charge in [-0.1, -0.05) is 18.2 Å². The van der Waals surface area contributed by atoms with E-state index >= 15 is 0 Å². The number of aliphatic hydroxyl groups excluding tert-OH is 1. The predicted molar refractivity (Wildman–Crippen MR) is 78.3 cm³/mol. The summed E-state index contributed by atoms with van der Waals surface area (Å²) in [6, 6.07) is 8.55. The van der Waals surface area contributed by atoms with Crippen molar-refractivity contribution in [1.82, 2.24) is 9.88 Å². The molecule has 0 spiro atoms. The Hall–Kier alpha value is -1.32. The summed E-state index contributed by atoms with van der Waals surface area (Å²) in [4.78, 5) is 5.73. The first-order valence-electron chi connectivity index (χ1n) is 7.25. The Morgan fingerprint density at radius 3 is 2.79 bits per heavy atom. The van der Waals surface area contributed by atoms with Gasteiger partial charge in [0.1, 0.15) is 0 Å². The standard InChI is InChI=1S/C16H22N2O/c19-10-9-18-7-5-13(6-8-18)11-14-12-17-16-4-2-1-3-15(14)16/h1-4,12-13,17,19H,5-11H2. The second-order valence-corrected chi connectivity index (χ2v) is 5.57. The molecule has 3 rings (SSSR count). The normalized spacial score (nSPS) is 18.2. The number of fused-ring (bicyclic) bond motifs is 1. The Morgan fingerprint density at radius 1 is 1.21 bits per heavy atom. The van der Waals surface area contributed by atoms with E-state index in [4.69, 9.17) is 5.11 Å². The van der Waals surface area contributed by atoms with Crippen LogP contribution in [0.5, 0.6) is 0 Å². The lowest BCUT2D eigenvalue weighted by molar-refractivity contribution is 0.147. The molecule has 0 saturated carbocycles. The molecular formula is C16H22N2O. The zero-order valence-electron chi connectivity index (χ0n) is 11.3. The van der Waals surface area contributed by atoms with Gasteiger partial charge in [-0.25, -0.2) is 0 Å². The van der Waals surface area contributed by atoms with Crippen molar-refractivity contribution in [1.29, 1.82) is 0 Å². The van der Waals surface area contributed by atoms with Gasteiger partial charge in [-0.3, -0.25) is 0 Å². The number of hydrogen-bond acceptors (Lipinski definition) is 2. The van der Waals surface area contributed by atoms with Crippen molar-refractivity contribution < 1.29 is 5.11 Å². The molecule has 1 fully saturated rings. The summed E-state index contributed by atoms with van der Waals surface area (Å²) in [5.74, 6) is 0.786. The van der Waals surface area contributed by atoms with Gasteiger partial charge in [0.2, 0.25) is 0 Å². The maximum absolute atomic E-state index is 8.96. The van der Waals surface area contributed by atoms with Crippen LogP contribution < -0.4 is 0 Å². The first-order valence-corrected chi connectivity index (χ1v) is 7.25. The van der Waals surface area contributed by atoms with E-state index in [2.05, 4.69) is 40.3 Å². The summed E-state index contributed by atoms with van der Waals surface area (Å²) in [7, 11) is 0. The largest absolute Gasteiger partial charge is 0.395 e. The van der Waals surface area contributed by atoms with Crippen LogP contribution in [0.1, 0.15) is 18.4 Å². The highest BCUT2D eigenvalue weighted by atomic mass is 16.3. The number of aromatic nitrogens is 1. The van der Waals surface area contributed by atoms with Gasteiger partial charge in [0.05, 0.1) is 6.61 Å². The molecule has 2 aromatic rings. The molecule has 0 radical (unpaired) electrons. The number of nitrogens with one attached hydrogen (secondary N) is 1. The van der Waals surface area contributed by atoms with E-state index in [0.717, 1.165) is 25.6 Å². The lowest BCUT2D eigenvalue weighted by Gasteiger charge is -2.31. The van der Waals surface area contributed by atoms with Gasteiger partial charge < -0.3 is 15.0 Å². The number of aliphatic hydroxyl groups is 1. The summed E-state index contributed by atoms with van der Waals surface area (Å²) in [5.41, 5.74) is 2.70. The van der Waals surface area contributed by atoms with Crippen LogP contribution in [0.4, 0.5) is 0 Å². The second-order valence-electron chi connectivity index (χ2n) is 5.57. The average molecular weight is 258 g/mol. The first kappa shape index (κ1) is 12.7. The maximum atomic E-state index is 8.96. The molecule has 0 aliphatic carbocycles. The van der Waals surface area contributed by atoms with Gasteiger partial charge in [0.25, 0.3) is 0 Å². The van der Waals surface area contributed by atoms with Crippen molar-refractivity contribution >= 4 is 10.9 Å². The van der Waals surface area contributed by atoms with Crippen molar-refractivity contribution in [2.75, 3.05) is 26.2 Å². The quantitative estimate of drug-likeness (QED) is 0.884. The third-order valence-electron chi connectivity index (χ3n) is 4.31. The molecule has 2 heterocycles. The van der Waals surface area contributed by atoms with Gasteiger partial charge in [0.15, 0.2) is 0 Å². The summed E-state index contributed by atoms with van der Waals surface area (Å²) in [6.07, 6.45) is 5.85. The number of β-amino-alcohol motifs (C(OH)–C–C–N with tert-alkyl or cyclic N) is 1. The van der Waals surface area contributed by atoms with Gasteiger partial charge in [-0.15, -0.1) is 0 Å². The molecule has 1 aromatic carbocycles. The molecule has 3 nitrogen and oxygen atoms in total. The van der Waals surface area contributed by atoms with E-state index in [1.807, 2.05) is 0 Å². The fraction of sp³-hybridized carbons (Fsp3) is 0.500. The van der Waals surface area contributed by atoms with E-state index < -0.39 is 0 Å². The third kappa shape index (κ3) is 2.82. The first-order chi connectivity index (χ1) is 9.36. The Balaban J connectivity index is 1.63. The molecule has 3 heteroatoms. The minimum atomic E-state index is 0.285. The summed E-state index contributed by atoms with van der Waals surface area (Å²) >= 11 is 0. The number of benzene rings is 1. The van der Waals surface area contributed by atoms with Crippen LogP contribution in [0.25, 0.3) is 10.9 Å². The zero-order chi connectivity index (χ0) is 13.1. The molecule has 1 aromatic heterocycles. The minimum absolute atomic E-state index is 0.285. The molecule has 1 aliphatic rings. The molecule has 0 atom stereocenters. The van der Waals surface area contributed by atoms with Crippen molar-refractivity contribution in [2.24, 2.45) is 5.92 Å². The van der Waals surface area contributed by atoms with Crippen molar-refractivity contribution in [3.8, 4) is 0 Å². The van der Waals surface area contributed by atoms with E-state index in [-0.39, 0.29) is 6.61 Å². The Bertz CT molecular complexity index is 526. The minimum Gasteiger partial charge on any atom is -0.395 e. The molecule has 1 aliphatic heterocycles. The van der Waals surface area contributed by atoms with Crippen LogP contribution >= 0.6 is 0 Å². The van der Waals surface area contributed by atoms with Crippen LogP contribution in [0.2, 0.25) is 0 Å². The SMILES string of the molecule is OCCN1CCC(Cc2c[nH]c3ccccc23)CC1. The van der Waals surface area contributed by atoms with Crippen molar-refractivity contribution in [3.05, 3.63) is 36.0 Å². The maximum Gasteiger partial charge on any atom is 0.0558 e. The number of piperidine rings is 1. The lowest BCUT2D eigenvalue weighted by Crippen LogP contribution is -2.36. The number of rotatable bonds is 4. The smallest absolute Gasteiger partial charge is 0.0558 e. The summed E-state index contributed by atoms with van der Waals surface area (Å²) < 4.78 is 0. The van der Waals surface area contributed by atoms with Crippen molar-refractivity contribution in [2.45, 2.75) is 19.3 Å². The highest BCUT2D eigenvalue weighted by Gasteiger charge is 2.19. The van der Waals surface area contributed by atoms with E-state index in [0.29, 0.717) is 0 Å². The highest BCUT2D eigenvalue weighted by molar-refractivity contribution is 5.83. The molecule has 102 valence electrons. The molecular weight excluding hydrogens is 236 g/mol. The molecule has 1 saturated heterocycles. The number of para-hydroxylation sites is 1. The van der Waals surface area contributed by atoms with Gasteiger partial charge >= 0.3 is 0 Å². The molecule has 19 heavy (non-hydrogen) atoms. The second kappa shape index (κ2) is 5.76. The van der Waals surface area contributed by atoms with Crippen LogP contribution in [-0.2, 0) is 6.42 Å². The van der Waals surface area contributed by atoms with Crippen LogP contribution in [0.15, 0.2) is 30.5 Å². The number of aromatic amines is 1. The van der Waals surface area contributed by atoms with Gasteiger partial charge in [-0.2, -0.15) is 0 Å². The lowest BCUT2D eigenvalue weighted by atomic mass is 9.90. The fourth-order valence-corrected chi connectivity index (χ4v) is 3.17. The summed E-state index contributed by atoms with van der Waals surface area (Å²) in [6.45, 7) is 3.38. The van der Waals surface area contributed by atoms with Crippen LogP contribution in [0, 0.1) is 5.92 Å². The van der Waals surface area contributed by atoms with Crippen LogP contribution in [-0.4, -0.2) is 41.2 Å². The molecule has 0 amide bonds. The highest BCUT2D eigenvalue weighted by Crippen LogP contribution is 2.25. The topological polar surface area (TPSA) is 39.3 Å². The number of H-pyrrole nitrogens is 1. The van der Waals surface area contributed by atoms with E-state index in [1.165, 1.54) is 35.7 Å². The fourth-order valence-electron chi connectivity index (χ4n) is 3.17. The summed E-state index contributed by atoms with van der Waals surface area (Å²) in [5, 5.41) is 10.3. The van der Waals surface area contributed by atoms with Gasteiger partial charge in [0, 0.05) is 23.6 Å². The molecule has 2 N–H and O–H groups in total. The van der Waals surface area contributed by atoms with E-state index in [9.17, 15) is 0 Å². The predicted octanol–water partition coefficient (Wildman–Crippen LogP) is 2.41. The molecule has 0 unspecified atom stereocenters. The zero-order valence-corrected chi connectivity index (χ0v) is 11.3. The Kier molecular flexibility index (Phi) is 3.85. The Morgan fingerprint density at radius 2 is 2.00 bits per heavy atom. The third-order valence-corrected chi connectivity index (χ3v) is 4.31. The number of nitrogens with zero attached hydrogens (tertiary/aromatic N) is 1. The number of hydrogen-bond donors (Lipinski definition) is 2. The van der Waals surface area contributed by atoms with Gasteiger partial charge in [-0.05, 0) is 49.9 Å². The van der Waals surface area contributed by atoms with E-state index in [1.54, 1.807) is 0 Å². The van der Waals surface area contributed by atoms with Crippen molar-refractivity contribution in [3.63, 3.8) is 0 Å². The average Bonchev–Trinajstić information content (AvgIpc) is 2.85. The monoisotopic (exact) mass is 258 g/mol.